The van der Waals surface area contributed by atoms with E-state index >= 15 is 0 Å². The molecule has 3 rings (SSSR count). The predicted molar refractivity (Wildman–Crippen MR) is 91.7 cm³/mol. The van der Waals surface area contributed by atoms with E-state index in [4.69, 9.17) is 10.5 Å². The Bertz CT molecular complexity index is 774. The van der Waals surface area contributed by atoms with Crippen molar-refractivity contribution in [2.24, 2.45) is 0 Å². The first-order valence-corrected chi connectivity index (χ1v) is 7.60. The standard InChI is InChI=1S/C18H19N3O3/c1-20(2)16(22)11-21-14-10-13(19)8-9-15(14)24-17(18(21)23)12-6-4-3-5-7-12/h3-10,17H,11,19H2,1-2H3. The fraction of sp³-hybridized carbons (Fsp3) is 0.222. The van der Waals surface area contributed by atoms with Crippen molar-refractivity contribution in [3.63, 3.8) is 0 Å². The van der Waals surface area contributed by atoms with Gasteiger partial charge in [0.2, 0.25) is 12.0 Å². The van der Waals surface area contributed by atoms with Crippen LogP contribution in [0.25, 0.3) is 0 Å². The molecule has 124 valence electrons. The molecule has 6 heteroatoms. The quantitative estimate of drug-likeness (QED) is 0.874. The molecule has 0 radical (unpaired) electrons. The van der Waals surface area contributed by atoms with Gasteiger partial charge in [-0.1, -0.05) is 30.3 Å². The van der Waals surface area contributed by atoms with Crippen LogP contribution in [0.1, 0.15) is 11.7 Å². The zero-order valence-electron chi connectivity index (χ0n) is 13.6. The zero-order chi connectivity index (χ0) is 17.3. The second kappa shape index (κ2) is 6.23. The number of ether oxygens (including phenoxy) is 1. The Labute approximate surface area is 140 Å². The van der Waals surface area contributed by atoms with Gasteiger partial charge in [0.25, 0.3) is 5.91 Å². The molecule has 1 unspecified atom stereocenters. The fourth-order valence-corrected chi connectivity index (χ4v) is 2.56. The third-order valence-electron chi connectivity index (χ3n) is 3.90. The Morgan fingerprint density at radius 1 is 1.21 bits per heavy atom. The molecule has 2 amide bonds. The first-order chi connectivity index (χ1) is 11.5. The highest BCUT2D eigenvalue weighted by atomic mass is 16.5. The van der Waals surface area contributed by atoms with E-state index in [-0.39, 0.29) is 18.4 Å². The van der Waals surface area contributed by atoms with Gasteiger partial charge in [-0.25, -0.2) is 0 Å². The van der Waals surface area contributed by atoms with Crippen molar-refractivity contribution in [2.75, 3.05) is 31.3 Å². The molecule has 6 nitrogen and oxygen atoms in total. The molecule has 0 aromatic heterocycles. The SMILES string of the molecule is CN(C)C(=O)CN1C(=O)C(c2ccccc2)Oc2ccc(N)cc21. The second-order valence-electron chi connectivity index (χ2n) is 5.85. The van der Waals surface area contributed by atoms with Crippen LogP contribution in [0.3, 0.4) is 0 Å². The molecule has 1 heterocycles. The Morgan fingerprint density at radius 3 is 2.58 bits per heavy atom. The number of fused-ring (bicyclic) bond motifs is 1. The third-order valence-corrected chi connectivity index (χ3v) is 3.90. The number of nitrogens with two attached hydrogens (primary N) is 1. The Morgan fingerprint density at radius 2 is 1.92 bits per heavy atom. The number of nitrogens with zero attached hydrogens (tertiary/aromatic N) is 2. The van der Waals surface area contributed by atoms with Crippen molar-refractivity contribution < 1.29 is 14.3 Å². The summed E-state index contributed by atoms with van der Waals surface area (Å²) < 4.78 is 5.89. The van der Waals surface area contributed by atoms with Crippen LogP contribution in [-0.4, -0.2) is 37.4 Å². The largest absolute Gasteiger partial charge is 0.474 e. The molecule has 1 atom stereocenters. The van der Waals surface area contributed by atoms with Gasteiger partial charge >= 0.3 is 0 Å². The van der Waals surface area contributed by atoms with E-state index in [1.165, 1.54) is 9.80 Å². The van der Waals surface area contributed by atoms with Crippen LogP contribution in [0.5, 0.6) is 5.75 Å². The topological polar surface area (TPSA) is 75.9 Å². The summed E-state index contributed by atoms with van der Waals surface area (Å²) in [6.07, 6.45) is -0.780. The smallest absolute Gasteiger partial charge is 0.273 e. The summed E-state index contributed by atoms with van der Waals surface area (Å²) in [4.78, 5) is 28.0. The van der Waals surface area contributed by atoms with Gasteiger partial charge in [0, 0.05) is 25.3 Å². The van der Waals surface area contributed by atoms with Crippen LogP contribution >= 0.6 is 0 Å². The summed E-state index contributed by atoms with van der Waals surface area (Å²) in [6, 6.07) is 14.3. The minimum absolute atomic E-state index is 0.0605. The zero-order valence-corrected chi connectivity index (χ0v) is 13.6. The molecule has 2 aromatic carbocycles. The highest BCUT2D eigenvalue weighted by Crippen LogP contribution is 2.39. The Kier molecular flexibility index (Phi) is 4.12. The van der Waals surface area contributed by atoms with E-state index in [0.717, 1.165) is 5.56 Å². The van der Waals surface area contributed by atoms with Crippen molar-refractivity contribution in [3.05, 3.63) is 54.1 Å². The van der Waals surface area contributed by atoms with Gasteiger partial charge in [-0.15, -0.1) is 0 Å². The van der Waals surface area contributed by atoms with Crippen molar-refractivity contribution in [2.45, 2.75) is 6.10 Å². The fourth-order valence-electron chi connectivity index (χ4n) is 2.56. The number of nitrogen functional groups attached to an aromatic ring is 1. The summed E-state index contributed by atoms with van der Waals surface area (Å²) in [5.74, 6) is 0.0733. The molecular formula is C18H19N3O3. The van der Waals surface area contributed by atoms with E-state index in [2.05, 4.69) is 0 Å². The van der Waals surface area contributed by atoms with Crippen LogP contribution < -0.4 is 15.4 Å². The van der Waals surface area contributed by atoms with Crippen LogP contribution in [0.4, 0.5) is 11.4 Å². The van der Waals surface area contributed by atoms with E-state index in [1.54, 1.807) is 32.3 Å². The average Bonchev–Trinajstić information content (AvgIpc) is 2.58. The van der Waals surface area contributed by atoms with Crippen molar-refractivity contribution in [1.82, 2.24) is 4.90 Å². The maximum Gasteiger partial charge on any atom is 0.273 e. The van der Waals surface area contributed by atoms with E-state index in [1.807, 2.05) is 30.3 Å². The molecule has 0 saturated carbocycles. The highest BCUT2D eigenvalue weighted by molar-refractivity contribution is 6.04. The van der Waals surface area contributed by atoms with Gasteiger partial charge in [0.1, 0.15) is 12.3 Å². The number of carbonyl (C=O) groups excluding carboxylic acids is 2. The summed E-state index contributed by atoms with van der Waals surface area (Å²) in [5.41, 5.74) is 7.60. The Hall–Kier alpha value is -3.02. The first kappa shape index (κ1) is 15.9. The van der Waals surface area contributed by atoms with Gasteiger partial charge < -0.3 is 15.4 Å². The van der Waals surface area contributed by atoms with Gasteiger partial charge in [0.15, 0.2) is 0 Å². The lowest BCUT2D eigenvalue weighted by molar-refractivity contribution is -0.132. The molecule has 0 saturated heterocycles. The predicted octanol–water partition coefficient (Wildman–Crippen LogP) is 1.82. The number of benzene rings is 2. The molecular weight excluding hydrogens is 306 g/mol. The normalized spacial score (nSPS) is 16.3. The number of likely N-dealkylation sites (N-methyl/N-ethyl adjacent to an activating group) is 1. The van der Waals surface area contributed by atoms with Crippen molar-refractivity contribution >= 4 is 23.2 Å². The van der Waals surface area contributed by atoms with Crippen molar-refractivity contribution in [1.29, 1.82) is 0 Å². The number of hydrogen-bond donors (Lipinski definition) is 1. The first-order valence-electron chi connectivity index (χ1n) is 7.60. The molecule has 1 aliphatic heterocycles. The molecule has 1 aliphatic rings. The van der Waals surface area contributed by atoms with Crippen LogP contribution in [-0.2, 0) is 9.59 Å². The van der Waals surface area contributed by atoms with Gasteiger partial charge in [-0.05, 0) is 18.2 Å². The number of carbonyl (C=O) groups is 2. The van der Waals surface area contributed by atoms with Crippen LogP contribution in [0.2, 0.25) is 0 Å². The molecule has 0 bridgehead atoms. The van der Waals surface area contributed by atoms with Crippen LogP contribution in [0, 0.1) is 0 Å². The maximum absolute atomic E-state index is 12.9. The summed E-state index contributed by atoms with van der Waals surface area (Å²) in [5, 5.41) is 0. The monoisotopic (exact) mass is 325 g/mol. The van der Waals surface area contributed by atoms with Crippen LogP contribution in [0.15, 0.2) is 48.5 Å². The molecule has 0 fully saturated rings. The van der Waals surface area contributed by atoms with E-state index < -0.39 is 6.10 Å². The van der Waals surface area contributed by atoms with Gasteiger partial charge in [0.05, 0.1) is 5.69 Å². The number of anilines is 2. The second-order valence-corrected chi connectivity index (χ2v) is 5.85. The molecule has 2 aromatic rings. The lowest BCUT2D eigenvalue weighted by Gasteiger charge is -2.34. The van der Waals surface area contributed by atoms with Gasteiger partial charge in [-0.3, -0.25) is 14.5 Å². The molecule has 0 spiro atoms. The lowest BCUT2D eigenvalue weighted by atomic mass is 10.1. The van der Waals surface area contributed by atoms with Gasteiger partial charge in [-0.2, -0.15) is 0 Å². The number of amides is 2. The Balaban J connectivity index is 2.03. The maximum atomic E-state index is 12.9. The average molecular weight is 325 g/mol. The van der Waals surface area contributed by atoms with E-state index in [0.29, 0.717) is 17.1 Å². The molecule has 2 N–H and O–H groups in total. The summed E-state index contributed by atoms with van der Waals surface area (Å²) in [7, 11) is 3.31. The third kappa shape index (κ3) is 2.90. The van der Waals surface area contributed by atoms with Crippen molar-refractivity contribution in [3.8, 4) is 5.75 Å². The highest BCUT2D eigenvalue weighted by Gasteiger charge is 2.36. The number of rotatable bonds is 3. The van der Waals surface area contributed by atoms with E-state index in [9.17, 15) is 9.59 Å². The molecule has 24 heavy (non-hydrogen) atoms. The lowest BCUT2D eigenvalue weighted by Crippen LogP contribution is -2.46. The summed E-state index contributed by atoms with van der Waals surface area (Å²) >= 11 is 0. The minimum Gasteiger partial charge on any atom is -0.474 e. The molecule has 0 aliphatic carbocycles. The number of hydrogen-bond acceptors (Lipinski definition) is 4. The minimum atomic E-state index is -0.780. The summed E-state index contributed by atoms with van der Waals surface area (Å²) in [6.45, 7) is -0.0605.